The topological polar surface area (TPSA) is 79.8 Å². The van der Waals surface area contributed by atoms with Gasteiger partial charge in [-0.25, -0.2) is 4.98 Å². The van der Waals surface area contributed by atoms with Crippen molar-refractivity contribution in [2.24, 2.45) is 0 Å². The highest BCUT2D eigenvalue weighted by Gasteiger charge is 2.18. The lowest BCUT2D eigenvalue weighted by Crippen LogP contribution is -2.37. The van der Waals surface area contributed by atoms with Crippen molar-refractivity contribution in [3.8, 4) is 0 Å². The normalized spacial score (nSPS) is 15.1. The van der Waals surface area contributed by atoms with Crippen molar-refractivity contribution in [1.82, 2.24) is 19.9 Å². The molecule has 1 aliphatic rings. The number of amides is 1. The Kier molecular flexibility index (Phi) is 5.52. The molecule has 0 radical (unpaired) electrons. The maximum Gasteiger partial charge on any atom is 0.278 e. The summed E-state index contributed by atoms with van der Waals surface area (Å²) in [7, 11) is 0. The molecule has 0 saturated heterocycles. The SMILES string of the molecule is C=CCn1c(SCC(=O)NC2CCCCC2)nc2c([nH]c3ccccc32)c1=O. The van der Waals surface area contributed by atoms with E-state index in [1.807, 2.05) is 24.3 Å². The summed E-state index contributed by atoms with van der Waals surface area (Å²) in [5, 5.41) is 4.57. The van der Waals surface area contributed by atoms with Crippen LogP contribution >= 0.6 is 11.8 Å². The van der Waals surface area contributed by atoms with E-state index in [2.05, 4.69) is 16.9 Å². The number of carbonyl (C=O) groups is 1. The maximum absolute atomic E-state index is 13.0. The van der Waals surface area contributed by atoms with Gasteiger partial charge in [0, 0.05) is 23.5 Å². The van der Waals surface area contributed by atoms with E-state index < -0.39 is 0 Å². The molecular weight excluding hydrogens is 372 g/mol. The van der Waals surface area contributed by atoms with E-state index in [4.69, 9.17) is 4.98 Å². The van der Waals surface area contributed by atoms with Crippen LogP contribution in [0.5, 0.6) is 0 Å². The molecule has 7 heteroatoms. The molecule has 0 unspecified atom stereocenters. The van der Waals surface area contributed by atoms with Crippen molar-refractivity contribution in [1.29, 1.82) is 0 Å². The Morgan fingerprint density at radius 3 is 2.89 bits per heavy atom. The third-order valence-electron chi connectivity index (χ3n) is 5.19. The Hall–Kier alpha value is -2.54. The standard InChI is InChI=1S/C21H24N4O2S/c1-2-12-25-20(27)19-18(15-10-6-7-11-16(15)23-19)24-21(25)28-13-17(26)22-14-8-4-3-5-9-14/h2,6-7,10-11,14,23H,1,3-5,8-9,12-13H2,(H,22,26). The molecule has 0 aliphatic heterocycles. The smallest absolute Gasteiger partial charge is 0.278 e. The fourth-order valence-electron chi connectivity index (χ4n) is 3.82. The molecule has 0 spiro atoms. The Balaban J connectivity index is 1.62. The monoisotopic (exact) mass is 396 g/mol. The first-order valence-corrected chi connectivity index (χ1v) is 10.7. The molecule has 0 atom stereocenters. The first kappa shape index (κ1) is 18.8. The molecule has 146 valence electrons. The maximum atomic E-state index is 13.0. The number of aromatic amines is 1. The largest absolute Gasteiger partial charge is 0.353 e. The van der Waals surface area contributed by atoms with E-state index in [9.17, 15) is 9.59 Å². The van der Waals surface area contributed by atoms with E-state index >= 15 is 0 Å². The summed E-state index contributed by atoms with van der Waals surface area (Å²) in [5.41, 5.74) is 1.87. The van der Waals surface area contributed by atoms with Gasteiger partial charge in [-0.2, -0.15) is 0 Å². The number of aromatic nitrogens is 3. The molecule has 4 rings (SSSR count). The lowest BCUT2D eigenvalue weighted by Gasteiger charge is -2.22. The number of nitrogens with zero attached hydrogens (tertiary/aromatic N) is 2. The molecule has 1 aromatic carbocycles. The Labute approximate surface area is 167 Å². The highest BCUT2D eigenvalue weighted by molar-refractivity contribution is 7.99. The molecule has 1 fully saturated rings. The molecule has 2 N–H and O–H groups in total. The predicted octanol–water partition coefficient (Wildman–Crippen LogP) is 3.60. The number of allylic oxidation sites excluding steroid dienone is 1. The molecule has 1 saturated carbocycles. The highest BCUT2D eigenvalue weighted by Crippen LogP contribution is 2.25. The Morgan fingerprint density at radius 2 is 2.11 bits per heavy atom. The van der Waals surface area contributed by atoms with Gasteiger partial charge in [-0.3, -0.25) is 14.2 Å². The number of rotatable bonds is 6. The van der Waals surface area contributed by atoms with Gasteiger partial charge in [0.1, 0.15) is 11.0 Å². The molecule has 1 aliphatic carbocycles. The number of thioether (sulfide) groups is 1. The van der Waals surface area contributed by atoms with Crippen LogP contribution in [-0.2, 0) is 11.3 Å². The van der Waals surface area contributed by atoms with Gasteiger partial charge in [0.25, 0.3) is 5.56 Å². The number of hydrogen-bond acceptors (Lipinski definition) is 4. The van der Waals surface area contributed by atoms with Gasteiger partial charge in [-0.15, -0.1) is 6.58 Å². The second kappa shape index (κ2) is 8.22. The van der Waals surface area contributed by atoms with E-state index in [1.165, 1.54) is 31.0 Å². The summed E-state index contributed by atoms with van der Waals surface area (Å²) in [5.74, 6) is 0.240. The summed E-state index contributed by atoms with van der Waals surface area (Å²) < 4.78 is 1.57. The lowest BCUT2D eigenvalue weighted by atomic mass is 9.95. The molecule has 3 aromatic rings. The minimum atomic E-state index is -0.142. The average molecular weight is 397 g/mol. The fraction of sp³-hybridized carbons (Fsp3) is 0.381. The van der Waals surface area contributed by atoms with Crippen LogP contribution in [0, 0.1) is 0 Å². The molecule has 2 aromatic heterocycles. The summed E-state index contributed by atoms with van der Waals surface area (Å²) in [6.07, 6.45) is 7.38. The molecule has 0 bridgehead atoms. The quantitative estimate of drug-likeness (QED) is 0.379. The van der Waals surface area contributed by atoms with Crippen molar-refractivity contribution in [3.63, 3.8) is 0 Å². The third-order valence-corrected chi connectivity index (χ3v) is 6.17. The summed E-state index contributed by atoms with van der Waals surface area (Å²) in [4.78, 5) is 33.3. The molecule has 28 heavy (non-hydrogen) atoms. The lowest BCUT2D eigenvalue weighted by molar-refractivity contribution is -0.119. The molecule has 1 amide bonds. The van der Waals surface area contributed by atoms with Crippen LogP contribution in [0.2, 0.25) is 0 Å². The second-order valence-corrected chi connectivity index (χ2v) is 8.13. The zero-order valence-electron chi connectivity index (χ0n) is 15.7. The van der Waals surface area contributed by atoms with E-state index in [0.29, 0.717) is 22.7 Å². The van der Waals surface area contributed by atoms with Crippen LogP contribution < -0.4 is 10.9 Å². The second-order valence-electron chi connectivity index (χ2n) is 7.18. The first-order valence-electron chi connectivity index (χ1n) is 9.71. The van der Waals surface area contributed by atoms with Crippen LogP contribution in [-0.4, -0.2) is 32.2 Å². The number of carbonyl (C=O) groups excluding carboxylic acids is 1. The van der Waals surface area contributed by atoms with Crippen LogP contribution in [0.1, 0.15) is 32.1 Å². The van der Waals surface area contributed by atoms with E-state index in [0.717, 1.165) is 23.7 Å². The zero-order valence-corrected chi connectivity index (χ0v) is 16.6. The first-order chi connectivity index (χ1) is 13.7. The van der Waals surface area contributed by atoms with Crippen molar-refractivity contribution < 1.29 is 4.79 Å². The van der Waals surface area contributed by atoms with E-state index in [1.54, 1.807) is 10.6 Å². The van der Waals surface area contributed by atoms with Gasteiger partial charge in [-0.1, -0.05) is 55.3 Å². The van der Waals surface area contributed by atoms with Gasteiger partial charge in [0.15, 0.2) is 5.16 Å². The number of nitrogens with one attached hydrogen (secondary N) is 2. The van der Waals surface area contributed by atoms with Crippen LogP contribution in [0.25, 0.3) is 21.9 Å². The van der Waals surface area contributed by atoms with Gasteiger partial charge in [-0.05, 0) is 18.9 Å². The highest BCUT2D eigenvalue weighted by atomic mass is 32.2. The molecular formula is C21H24N4O2S. The van der Waals surface area contributed by atoms with Crippen LogP contribution in [0.15, 0.2) is 46.9 Å². The minimum absolute atomic E-state index is 0.00433. The van der Waals surface area contributed by atoms with Gasteiger partial charge in [0.2, 0.25) is 5.91 Å². The summed E-state index contributed by atoms with van der Waals surface area (Å²) in [6.45, 7) is 4.10. The van der Waals surface area contributed by atoms with Crippen molar-refractivity contribution in [2.75, 3.05) is 5.75 Å². The number of fused-ring (bicyclic) bond motifs is 3. The average Bonchev–Trinajstić information content (AvgIpc) is 3.09. The summed E-state index contributed by atoms with van der Waals surface area (Å²) >= 11 is 1.30. The predicted molar refractivity (Wildman–Crippen MR) is 114 cm³/mol. The number of para-hydroxylation sites is 1. The van der Waals surface area contributed by atoms with Gasteiger partial charge < -0.3 is 10.3 Å². The van der Waals surface area contributed by atoms with Gasteiger partial charge in [0.05, 0.1) is 5.75 Å². The van der Waals surface area contributed by atoms with Crippen LogP contribution in [0.4, 0.5) is 0 Å². The Bertz CT molecular complexity index is 1080. The number of benzene rings is 1. The number of hydrogen-bond donors (Lipinski definition) is 2. The third kappa shape index (κ3) is 3.71. The number of H-pyrrole nitrogens is 1. The van der Waals surface area contributed by atoms with Crippen molar-refractivity contribution >= 4 is 39.6 Å². The molecule has 6 nitrogen and oxygen atoms in total. The van der Waals surface area contributed by atoms with Crippen molar-refractivity contribution in [2.45, 2.75) is 49.8 Å². The summed E-state index contributed by atoms with van der Waals surface area (Å²) in [6, 6.07) is 8.00. The van der Waals surface area contributed by atoms with Crippen molar-refractivity contribution in [3.05, 3.63) is 47.3 Å². The van der Waals surface area contributed by atoms with Crippen LogP contribution in [0.3, 0.4) is 0 Å². The zero-order chi connectivity index (χ0) is 19.5. The van der Waals surface area contributed by atoms with Gasteiger partial charge >= 0.3 is 0 Å². The molecule has 2 heterocycles. The Morgan fingerprint density at radius 1 is 1.32 bits per heavy atom. The fourth-order valence-corrected chi connectivity index (χ4v) is 4.64. The van der Waals surface area contributed by atoms with E-state index in [-0.39, 0.29) is 23.3 Å². The minimum Gasteiger partial charge on any atom is -0.353 e.